The molecular formula is C12H15ClFN. The molecule has 1 unspecified atom stereocenters. The molecule has 1 atom stereocenters. The zero-order valence-electron chi connectivity index (χ0n) is 8.84. The fourth-order valence-electron chi connectivity index (χ4n) is 2.33. The van der Waals surface area contributed by atoms with Gasteiger partial charge in [0, 0.05) is 11.1 Å². The van der Waals surface area contributed by atoms with Crippen LogP contribution >= 0.6 is 11.6 Å². The van der Waals surface area contributed by atoms with Crippen molar-refractivity contribution in [3.63, 3.8) is 0 Å². The van der Waals surface area contributed by atoms with Crippen LogP contribution in [-0.4, -0.2) is 18.0 Å². The summed E-state index contributed by atoms with van der Waals surface area (Å²) in [7, 11) is 0. The molecule has 0 saturated carbocycles. The first-order valence-corrected chi connectivity index (χ1v) is 5.79. The standard InChI is InChI=1S/C12H15ClFN/c1-2-15-7-3-4-12(15)10-8-9(14)5-6-11(10)13/h5-6,8,12H,2-4,7H2,1H3. The molecule has 1 heterocycles. The van der Waals surface area contributed by atoms with Crippen LogP contribution in [0.5, 0.6) is 0 Å². The van der Waals surface area contributed by atoms with Crippen molar-refractivity contribution in [3.8, 4) is 0 Å². The smallest absolute Gasteiger partial charge is 0.123 e. The van der Waals surface area contributed by atoms with Crippen LogP contribution < -0.4 is 0 Å². The molecule has 1 saturated heterocycles. The number of rotatable bonds is 2. The van der Waals surface area contributed by atoms with Gasteiger partial charge in [0.05, 0.1) is 0 Å². The third-order valence-electron chi connectivity index (χ3n) is 3.09. The molecule has 1 aromatic rings. The summed E-state index contributed by atoms with van der Waals surface area (Å²) in [5.41, 5.74) is 0.941. The summed E-state index contributed by atoms with van der Waals surface area (Å²) in [5.74, 6) is -0.197. The van der Waals surface area contributed by atoms with E-state index in [0.717, 1.165) is 25.1 Å². The molecule has 15 heavy (non-hydrogen) atoms. The van der Waals surface area contributed by atoms with Gasteiger partial charge in [-0.05, 0) is 49.7 Å². The lowest BCUT2D eigenvalue weighted by molar-refractivity contribution is 0.271. The SMILES string of the molecule is CCN1CCCC1c1cc(F)ccc1Cl. The highest BCUT2D eigenvalue weighted by Crippen LogP contribution is 2.35. The molecule has 1 aliphatic heterocycles. The fourth-order valence-corrected chi connectivity index (χ4v) is 2.57. The van der Waals surface area contributed by atoms with Gasteiger partial charge in [0.1, 0.15) is 5.82 Å². The Labute approximate surface area is 94.8 Å². The largest absolute Gasteiger partial charge is 0.297 e. The van der Waals surface area contributed by atoms with Crippen molar-refractivity contribution in [1.82, 2.24) is 4.90 Å². The van der Waals surface area contributed by atoms with Gasteiger partial charge in [-0.2, -0.15) is 0 Å². The molecule has 1 fully saturated rings. The average Bonchev–Trinajstić information content (AvgIpc) is 2.69. The maximum absolute atomic E-state index is 13.2. The second-order valence-electron chi connectivity index (χ2n) is 3.95. The molecule has 0 bridgehead atoms. The zero-order chi connectivity index (χ0) is 10.8. The van der Waals surface area contributed by atoms with E-state index in [2.05, 4.69) is 11.8 Å². The van der Waals surface area contributed by atoms with Gasteiger partial charge in [0.2, 0.25) is 0 Å². The van der Waals surface area contributed by atoms with Crippen LogP contribution in [0.25, 0.3) is 0 Å². The second kappa shape index (κ2) is 4.50. The topological polar surface area (TPSA) is 3.24 Å². The van der Waals surface area contributed by atoms with Gasteiger partial charge < -0.3 is 0 Å². The Morgan fingerprint density at radius 2 is 2.33 bits per heavy atom. The first-order valence-electron chi connectivity index (χ1n) is 5.41. The summed E-state index contributed by atoms with van der Waals surface area (Å²) >= 11 is 6.11. The van der Waals surface area contributed by atoms with Crippen molar-refractivity contribution in [3.05, 3.63) is 34.6 Å². The average molecular weight is 228 g/mol. The Morgan fingerprint density at radius 1 is 1.53 bits per heavy atom. The third-order valence-corrected chi connectivity index (χ3v) is 3.43. The zero-order valence-corrected chi connectivity index (χ0v) is 9.60. The number of nitrogens with zero attached hydrogens (tertiary/aromatic N) is 1. The molecule has 0 radical (unpaired) electrons. The van der Waals surface area contributed by atoms with E-state index in [0.29, 0.717) is 11.1 Å². The van der Waals surface area contributed by atoms with Crippen molar-refractivity contribution < 1.29 is 4.39 Å². The van der Waals surface area contributed by atoms with Gasteiger partial charge in [-0.25, -0.2) is 4.39 Å². The lowest BCUT2D eigenvalue weighted by Gasteiger charge is -2.23. The maximum atomic E-state index is 13.2. The van der Waals surface area contributed by atoms with E-state index >= 15 is 0 Å². The summed E-state index contributed by atoms with van der Waals surface area (Å²) in [5, 5.41) is 0.682. The first-order chi connectivity index (χ1) is 7.22. The Kier molecular flexibility index (Phi) is 3.27. The van der Waals surface area contributed by atoms with Crippen LogP contribution in [0.15, 0.2) is 18.2 Å². The monoisotopic (exact) mass is 227 g/mol. The van der Waals surface area contributed by atoms with Gasteiger partial charge in [-0.1, -0.05) is 18.5 Å². The van der Waals surface area contributed by atoms with E-state index in [1.165, 1.54) is 12.5 Å². The quantitative estimate of drug-likeness (QED) is 0.746. The molecule has 0 N–H and O–H groups in total. The molecule has 1 aliphatic rings. The normalized spacial score (nSPS) is 22.2. The summed E-state index contributed by atoms with van der Waals surface area (Å²) < 4.78 is 13.2. The molecule has 3 heteroatoms. The Bertz CT molecular complexity index is 353. The highest BCUT2D eigenvalue weighted by atomic mass is 35.5. The molecule has 1 nitrogen and oxygen atoms in total. The van der Waals surface area contributed by atoms with E-state index in [4.69, 9.17) is 11.6 Å². The number of likely N-dealkylation sites (tertiary alicyclic amines) is 1. The van der Waals surface area contributed by atoms with Gasteiger partial charge >= 0.3 is 0 Å². The second-order valence-corrected chi connectivity index (χ2v) is 4.36. The minimum atomic E-state index is -0.197. The van der Waals surface area contributed by atoms with Crippen molar-refractivity contribution in [1.29, 1.82) is 0 Å². The van der Waals surface area contributed by atoms with E-state index in [9.17, 15) is 4.39 Å². The fraction of sp³-hybridized carbons (Fsp3) is 0.500. The van der Waals surface area contributed by atoms with Gasteiger partial charge in [-0.3, -0.25) is 4.90 Å². The minimum Gasteiger partial charge on any atom is -0.297 e. The Hall–Kier alpha value is -0.600. The molecule has 0 aliphatic carbocycles. The number of halogens is 2. The van der Waals surface area contributed by atoms with Crippen LogP contribution in [0.1, 0.15) is 31.4 Å². The molecule has 2 rings (SSSR count). The molecule has 82 valence electrons. The number of hydrogen-bond acceptors (Lipinski definition) is 1. The van der Waals surface area contributed by atoms with E-state index in [1.54, 1.807) is 12.1 Å². The Balaban J connectivity index is 2.31. The molecule has 0 amide bonds. The van der Waals surface area contributed by atoms with Crippen molar-refractivity contribution in [2.45, 2.75) is 25.8 Å². The lowest BCUT2D eigenvalue weighted by Crippen LogP contribution is -2.22. The van der Waals surface area contributed by atoms with Crippen molar-refractivity contribution >= 4 is 11.6 Å². The number of benzene rings is 1. The van der Waals surface area contributed by atoms with Crippen LogP contribution in [0.2, 0.25) is 5.02 Å². The summed E-state index contributed by atoms with van der Waals surface area (Å²) in [4.78, 5) is 2.35. The minimum absolute atomic E-state index is 0.197. The van der Waals surface area contributed by atoms with E-state index < -0.39 is 0 Å². The van der Waals surface area contributed by atoms with Gasteiger partial charge in [-0.15, -0.1) is 0 Å². The lowest BCUT2D eigenvalue weighted by atomic mass is 10.0. The van der Waals surface area contributed by atoms with E-state index in [-0.39, 0.29) is 5.82 Å². The van der Waals surface area contributed by atoms with Crippen LogP contribution in [0.3, 0.4) is 0 Å². The van der Waals surface area contributed by atoms with Crippen LogP contribution in [0.4, 0.5) is 4.39 Å². The van der Waals surface area contributed by atoms with Crippen molar-refractivity contribution in [2.24, 2.45) is 0 Å². The molecular weight excluding hydrogens is 213 g/mol. The molecule has 0 spiro atoms. The van der Waals surface area contributed by atoms with E-state index in [1.807, 2.05) is 0 Å². The summed E-state index contributed by atoms with van der Waals surface area (Å²) in [6.07, 6.45) is 2.25. The van der Waals surface area contributed by atoms with Crippen LogP contribution in [0, 0.1) is 5.82 Å². The predicted octanol–water partition coefficient (Wildman–Crippen LogP) is 3.64. The Morgan fingerprint density at radius 3 is 3.07 bits per heavy atom. The first kappa shape index (κ1) is 10.9. The molecule has 0 aromatic heterocycles. The highest BCUT2D eigenvalue weighted by Gasteiger charge is 2.26. The number of hydrogen-bond donors (Lipinski definition) is 0. The summed E-state index contributed by atoms with van der Waals surface area (Å²) in [6.45, 7) is 4.22. The highest BCUT2D eigenvalue weighted by molar-refractivity contribution is 6.31. The van der Waals surface area contributed by atoms with Crippen LogP contribution in [-0.2, 0) is 0 Å². The maximum Gasteiger partial charge on any atom is 0.123 e. The predicted molar refractivity (Wildman–Crippen MR) is 60.6 cm³/mol. The van der Waals surface area contributed by atoms with Crippen molar-refractivity contribution in [2.75, 3.05) is 13.1 Å². The third kappa shape index (κ3) is 2.16. The molecule has 1 aromatic carbocycles. The summed E-state index contributed by atoms with van der Waals surface area (Å²) in [6, 6.07) is 4.94. The van der Waals surface area contributed by atoms with Gasteiger partial charge in [0.15, 0.2) is 0 Å². The van der Waals surface area contributed by atoms with Gasteiger partial charge in [0.25, 0.3) is 0 Å².